The first kappa shape index (κ1) is 20.8. The highest BCUT2D eigenvalue weighted by molar-refractivity contribution is 5.77. The first-order valence-electron chi connectivity index (χ1n) is 10.8. The summed E-state index contributed by atoms with van der Waals surface area (Å²) in [4.78, 5) is 7.18. The normalized spacial score (nSPS) is 10.8. The van der Waals surface area contributed by atoms with Gasteiger partial charge in [-0.1, -0.05) is 72.8 Å². The molecule has 3 heteroatoms. The number of hydrogen-bond acceptors (Lipinski definition) is 3. The van der Waals surface area contributed by atoms with Crippen LogP contribution in [0.3, 0.4) is 0 Å². The highest BCUT2D eigenvalue weighted by atomic mass is 16.5. The van der Waals surface area contributed by atoms with Gasteiger partial charge in [0.05, 0.1) is 18.0 Å². The van der Waals surface area contributed by atoms with Gasteiger partial charge in [0.1, 0.15) is 0 Å². The summed E-state index contributed by atoms with van der Waals surface area (Å²) in [6.07, 6.45) is 0. The van der Waals surface area contributed by atoms with Crippen LogP contribution in [0.2, 0.25) is 0 Å². The third kappa shape index (κ3) is 5.19. The van der Waals surface area contributed by atoms with Crippen LogP contribution < -0.4 is 4.90 Å². The molecule has 3 nitrogen and oxygen atoms in total. The molecule has 0 saturated carbocycles. The van der Waals surface area contributed by atoms with E-state index in [0.29, 0.717) is 0 Å². The van der Waals surface area contributed by atoms with Gasteiger partial charge in [-0.2, -0.15) is 0 Å². The summed E-state index contributed by atoms with van der Waals surface area (Å²) in [6, 6.07) is 33.8. The van der Waals surface area contributed by atoms with E-state index in [1.165, 1.54) is 11.3 Å². The molecule has 0 radical (unpaired) electrons. The van der Waals surface area contributed by atoms with Crippen molar-refractivity contribution in [1.29, 1.82) is 0 Å². The number of anilines is 1. The van der Waals surface area contributed by atoms with Crippen LogP contribution in [0.4, 0.5) is 5.69 Å². The lowest BCUT2D eigenvalue weighted by molar-refractivity contribution is 0.154. The van der Waals surface area contributed by atoms with Crippen molar-refractivity contribution >= 4 is 5.69 Å². The molecule has 0 unspecified atom stereocenters. The molecule has 4 rings (SSSR count). The molecular weight excluding hydrogens is 380 g/mol. The molecule has 0 N–H and O–H groups in total. The van der Waals surface area contributed by atoms with E-state index in [1.54, 1.807) is 0 Å². The quantitative estimate of drug-likeness (QED) is 0.309. The van der Waals surface area contributed by atoms with Crippen molar-refractivity contribution < 1.29 is 4.74 Å². The van der Waals surface area contributed by atoms with Crippen LogP contribution in [0.15, 0.2) is 97.1 Å². The second kappa shape index (κ2) is 10.1. The van der Waals surface area contributed by atoms with Crippen LogP contribution in [-0.4, -0.2) is 31.8 Å². The fourth-order valence-electron chi connectivity index (χ4n) is 3.59. The van der Waals surface area contributed by atoms with Crippen LogP contribution in [-0.2, 0) is 4.74 Å². The van der Waals surface area contributed by atoms with Crippen molar-refractivity contribution in [2.45, 2.75) is 6.92 Å². The first-order chi connectivity index (χ1) is 15.2. The van der Waals surface area contributed by atoms with Crippen molar-refractivity contribution in [3.05, 3.63) is 97.1 Å². The van der Waals surface area contributed by atoms with Gasteiger partial charge in [0.25, 0.3) is 0 Å². The standard InChI is InChI=1S/C28H28N2O/c1-3-31-19-18-30(2)26-16-14-22(15-17-26)25-20-27(23-10-6-4-7-11-23)29-28(21-25)24-12-8-5-9-13-24/h4-17,20-21H,3,18-19H2,1-2H3. The van der Waals surface area contributed by atoms with Crippen LogP contribution in [0.1, 0.15) is 6.92 Å². The van der Waals surface area contributed by atoms with Crippen molar-refractivity contribution in [2.75, 3.05) is 31.7 Å². The first-order valence-corrected chi connectivity index (χ1v) is 10.8. The molecule has 1 heterocycles. The van der Waals surface area contributed by atoms with Gasteiger partial charge >= 0.3 is 0 Å². The number of aromatic nitrogens is 1. The largest absolute Gasteiger partial charge is 0.380 e. The Kier molecular flexibility index (Phi) is 6.75. The van der Waals surface area contributed by atoms with Crippen molar-refractivity contribution in [1.82, 2.24) is 4.98 Å². The van der Waals surface area contributed by atoms with Gasteiger partial charge in [0.15, 0.2) is 0 Å². The minimum absolute atomic E-state index is 0.736. The number of nitrogens with zero attached hydrogens (tertiary/aromatic N) is 2. The molecule has 31 heavy (non-hydrogen) atoms. The van der Waals surface area contributed by atoms with Gasteiger partial charge in [0.2, 0.25) is 0 Å². The van der Waals surface area contributed by atoms with E-state index in [-0.39, 0.29) is 0 Å². The maximum absolute atomic E-state index is 5.48. The Morgan fingerprint density at radius 1 is 0.677 bits per heavy atom. The number of ether oxygens (including phenoxy) is 1. The average molecular weight is 409 g/mol. The molecule has 3 aromatic carbocycles. The zero-order valence-electron chi connectivity index (χ0n) is 18.2. The van der Waals surface area contributed by atoms with E-state index >= 15 is 0 Å². The minimum Gasteiger partial charge on any atom is -0.380 e. The fourth-order valence-corrected chi connectivity index (χ4v) is 3.59. The number of likely N-dealkylation sites (N-methyl/N-ethyl adjacent to an activating group) is 1. The Labute approximate surface area is 185 Å². The molecule has 0 saturated heterocycles. The predicted octanol–water partition coefficient (Wildman–Crippen LogP) is 6.56. The van der Waals surface area contributed by atoms with E-state index in [0.717, 1.165) is 47.8 Å². The molecule has 0 aliphatic rings. The number of pyridine rings is 1. The van der Waals surface area contributed by atoms with E-state index in [9.17, 15) is 0 Å². The van der Waals surface area contributed by atoms with Crippen LogP contribution in [0.5, 0.6) is 0 Å². The lowest BCUT2D eigenvalue weighted by Crippen LogP contribution is -2.22. The van der Waals surface area contributed by atoms with E-state index in [4.69, 9.17) is 9.72 Å². The Hall–Kier alpha value is -3.43. The van der Waals surface area contributed by atoms with Crippen molar-refractivity contribution in [3.63, 3.8) is 0 Å². The molecule has 0 spiro atoms. The van der Waals surface area contributed by atoms with E-state index in [1.807, 2.05) is 19.1 Å². The zero-order chi connectivity index (χ0) is 21.5. The van der Waals surface area contributed by atoms with Crippen LogP contribution in [0, 0.1) is 0 Å². The van der Waals surface area contributed by atoms with Crippen LogP contribution >= 0.6 is 0 Å². The van der Waals surface area contributed by atoms with E-state index < -0.39 is 0 Å². The van der Waals surface area contributed by atoms with Crippen LogP contribution in [0.25, 0.3) is 33.6 Å². The number of hydrogen-bond donors (Lipinski definition) is 0. The second-order valence-corrected chi connectivity index (χ2v) is 7.52. The third-order valence-electron chi connectivity index (χ3n) is 5.38. The Morgan fingerprint density at radius 3 is 1.74 bits per heavy atom. The molecule has 0 fully saturated rings. The van der Waals surface area contributed by atoms with Gasteiger partial charge in [-0.05, 0) is 42.3 Å². The van der Waals surface area contributed by atoms with Gasteiger partial charge in [0, 0.05) is 37.0 Å². The van der Waals surface area contributed by atoms with E-state index in [2.05, 4.69) is 96.9 Å². The molecule has 0 amide bonds. The van der Waals surface area contributed by atoms with Gasteiger partial charge in [-0.3, -0.25) is 0 Å². The van der Waals surface area contributed by atoms with Gasteiger partial charge in [-0.15, -0.1) is 0 Å². The molecular formula is C28H28N2O. The third-order valence-corrected chi connectivity index (χ3v) is 5.38. The van der Waals surface area contributed by atoms with Gasteiger partial charge in [-0.25, -0.2) is 4.98 Å². The molecule has 0 aliphatic carbocycles. The summed E-state index contributed by atoms with van der Waals surface area (Å²) in [7, 11) is 2.10. The lowest BCUT2D eigenvalue weighted by Gasteiger charge is -2.19. The minimum atomic E-state index is 0.736. The molecule has 1 aromatic heterocycles. The molecule has 156 valence electrons. The Balaban J connectivity index is 1.69. The maximum atomic E-state index is 5.48. The molecule has 4 aromatic rings. The summed E-state index contributed by atoms with van der Waals surface area (Å²) >= 11 is 0. The molecule has 0 bridgehead atoms. The highest BCUT2D eigenvalue weighted by Gasteiger charge is 2.09. The Morgan fingerprint density at radius 2 is 1.23 bits per heavy atom. The smallest absolute Gasteiger partial charge is 0.0715 e. The topological polar surface area (TPSA) is 25.4 Å². The summed E-state index contributed by atoms with van der Waals surface area (Å²) in [6.45, 7) is 4.39. The predicted molar refractivity (Wildman–Crippen MR) is 130 cm³/mol. The zero-order valence-corrected chi connectivity index (χ0v) is 18.2. The fraction of sp³-hybridized carbons (Fsp3) is 0.179. The summed E-state index contributed by atoms with van der Waals surface area (Å²) in [5.41, 5.74) is 7.73. The number of benzene rings is 3. The summed E-state index contributed by atoms with van der Waals surface area (Å²) in [5.74, 6) is 0. The SMILES string of the molecule is CCOCCN(C)c1ccc(-c2cc(-c3ccccc3)nc(-c3ccccc3)c2)cc1. The lowest BCUT2D eigenvalue weighted by atomic mass is 10.00. The summed E-state index contributed by atoms with van der Waals surface area (Å²) < 4.78 is 5.48. The highest BCUT2D eigenvalue weighted by Crippen LogP contribution is 2.31. The van der Waals surface area contributed by atoms with Crippen molar-refractivity contribution in [3.8, 4) is 33.6 Å². The second-order valence-electron chi connectivity index (χ2n) is 7.52. The number of rotatable bonds is 8. The molecule has 0 atom stereocenters. The summed E-state index contributed by atoms with van der Waals surface area (Å²) in [5, 5.41) is 0. The molecule has 0 aliphatic heterocycles. The van der Waals surface area contributed by atoms with Crippen molar-refractivity contribution in [2.24, 2.45) is 0 Å². The average Bonchev–Trinajstić information content (AvgIpc) is 2.85. The Bertz CT molecular complexity index is 1040. The monoisotopic (exact) mass is 408 g/mol. The maximum Gasteiger partial charge on any atom is 0.0715 e. The van der Waals surface area contributed by atoms with Gasteiger partial charge < -0.3 is 9.64 Å².